The molecular weight excluding hydrogens is 318 g/mol. The highest BCUT2D eigenvalue weighted by atomic mass is 16.5. The van der Waals surface area contributed by atoms with Crippen molar-refractivity contribution in [3.63, 3.8) is 0 Å². The summed E-state index contributed by atoms with van der Waals surface area (Å²) in [5, 5.41) is 3.45. The number of pyridine rings is 1. The van der Waals surface area contributed by atoms with E-state index in [1.54, 1.807) is 10.6 Å². The molecule has 130 valence electrons. The van der Waals surface area contributed by atoms with E-state index in [2.05, 4.69) is 28.3 Å². The lowest BCUT2D eigenvalue weighted by Gasteiger charge is -2.16. The zero-order valence-electron chi connectivity index (χ0n) is 14.1. The Morgan fingerprint density at radius 2 is 2.24 bits per heavy atom. The van der Waals surface area contributed by atoms with Crippen molar-refractivity contribution in [1.82, 2.24) is 14.5 Å². The fourth-order valence-corrected chi connectivity index (χ4v) is 3.10. The number of H-pyrrole nitrogens is 1. The van der Waals surface area contributed by atoms with Crippen LogP contribution in [0.4, 0.5) is 11.5 Å². The number of nitrogens with one attached hydrogen (secondary N) is 2. The first kappa shape index (κ1) is 15.6. The molecule has 7 heteroatoms. The molecule has 0 saturated carbocycles. The number of ether oxygens (including phenoxy) is 1. The summed E-state index contributed by atoms with van der Waals surface area (Å²) < 4.78 is 7.44. The van der Waals surface area contributed by atoms with Gasteiger partial charge in [0.15, 0.2) is 5.82 Å². The zero-order valence-corrected chi connectivity index (χ0v) is 14.1. The van der Waals surface area contributed by atoms with Crippen molar-refractivity contribution >= 4 is 22.5 Å². The Morgan fingerprint density at radius 1 is 1.36 bits per heavy atom. The summed E-state index contributed by atoms with van der Waals surface area (Å²) in [6.07, 6.45) is 0.895. The molecule has 0 fully saturated rings. The number of rotatable bonds is 0. The number of aromatic amines is 1. The number of hydrogen-bond donors (Lipinski definition) is 3. The molecule has 2 aromatic heterocycles. The molecular formula is C18H21N5O2. The molecule has 0 radical (unpaired) electrons. The SMILES string of the molecule is CC1CCOc2cc3c([nH]c(=O)n3Cc3cccc(c3)NC1)c(N)n2. The second-order valence-electron chi connectivity index (χ2n) is 6.58. The molecule has 4 bridgehead atoms. The summed E-state index contributed by atoms with van der Waals surface area (Å²) in [6, 6.07) is 9.90. The maximum Gasteiger partial charge on any atom is 0.326 e. The summed E-state index contributed by atoms with van der Waals surface area (Å²) in [6.45, 7) is 4.04. The third kappa shape index (κ3) is 3.05. The molecule has 1 aliphatic heterocycles. The van der Waals surface area contributed by atoms with Gasteiger partial charge in [-0.1, -0.05) is 19.1 Å². The van der Waals surface area contributed by atoms with Crippen molar-refractivity contribution in [1.29, 1.82) is 0 Å². The number of imidazole rings is 1. The van der Waals surface area contributed by atoms with Gasteiger partial charge in [0.05, 0.1) is 18.7 Å². The fraction of sp³-hybridized carbons (Fsp3) is 0.333. The summed E-state index contributed by atoms with van der Waals surface area (Å²) in [7, 11) is 0. The topological polar surface area (TPSA) is 98.0 Å². The van der Waals surface area contributed by atoms with Gasteiger partial charge < -0.3 is 20.8 Å². The molecule has 1 aromatic carbocycles. The van der Waals surface area contributed by atoms with Gasteiger partial charge in [0, 0.05) is 18.3 Å². The van der Waals surface area contributed by atoms with Crippen LogP contribution in [-0.4, -0.2) is 27.7 Å². The average molecular weight is 339 g/mol. The molecule has 1 unspecified atom stereocenters. The third-order valence-electron chi connectivity index (χ3n) is 4.55. The number of nitrogen functional groups attached to an aromatic ring is 1. The molecule has 0 spiro atoms. The van der Waals surface area contributed by atoms with Crippen molar-refractivity contribution < 1.29 is 4.74 Å². The van der Waals surface area contributed by atoms with E-state index in [9.17, 15) is 4.79 Å². The molecule has 4 N–H and O–H groups in total. The minimum atomic E-state index is -0.209. The monoisotopic (exact) mass is 339 g/mol. The highest BCUT2D eigenvalue weighted by molar-refractivity contribution is 5.85. The molecule has 0 saturated heterocycles. The largest absolute Gasteiger partial charge is 0.478 e. The Kier molecular flexibility index (Phi) is 3.83. The van der Waals surface area contributed by atoms with Crippen molar-refractivity contribution in [2.75, 3.05) is 24.2 Å². The Bertz CT molecular complexity index is 975. The lowest BCUT2D eigenvalue weighted by molar-refractivity contribution is 0.278. The number of nitrogens with two attached hydrogens (primary N) is 1. The van der Waals surface area contributed by atoms with Crippen molar-refractivity contribution in [2.24, 2.45) is 5.92 Å². The summed E-state index contributed by atoms with van der Waals surface area (Å²) in [4.78, 5) is 19.4. The van der Waals surface area contributed by atoms with Gasteiger partial charge in [0.25, 0.3) is 0 Å². The van der Waals surface area contributed by atoms with E-state index in [0.717, 1.165) is 24.2 Å². The van der Waals surface area contributed by atoms with E-state index in [4.69, 9.17) is 10.5 Å². The zero-order chi connectivity index (χ0) is 17.4. The number of benzene rings is 1. The molecule has 3 heterocycles. The van der Waals surface area contributed by atoms with Gasteiger partial charge in [0.1, 0.15) is 5.52 Å². The first-order valence-electron chi connectivity index (χ1n) is 8.45. The van der Waals surface area contributed by atoms with Crippen molar-refractivity contribution in [2.45, 2.75) is 19.9 Å². The Morgan fingerprint density at radius 3 is 3.12 bits per heavy atom. The third-order valence-corrected chi connectivity index (χ3v) is 4.55. The first-order valence-corrected chi connectivity index (χ1v) is 8.45. The second kappa shape index (κ2) is 6.16. The minimum absolute atomic E-state index is 0.209. The average Bonchev–Trinajstić information content (AvgIpc) is 2.90. The molecule has 1 atom stereocenters. The minimum Gasteiger partial charge on any atom is -0.478 e. The van der Waals surface area contributed by atoms with Crippen molar-refractivity contribution in [3.05, 3.63) is 46.4 Å². The first-order chi connectivity index (χ1) is 12.1. The summed E-state index contributed by atoms with van der Waals surface area (Å²) in [5.41, 5.74) is 9.15. The number of fused-ring (bicyclic) bond motifs is 3. The van der Waals surface area contributed by atoms with Crippen LogP contribution in [-0.2, 0) is 6.54 Å². The quantitative estimate of drug-likeness (QED) is 0.583. The van der Waals surface area contributed by atoms with Gasteiger partial charge in [-0.25, -0.2) is 4.79 Å². The number of hydrogen-bond acceptors (Lipinski definition) is 5. The lowest BCUT2D eigenvalue weighted by Crippen LogP contribution is -2.18. The Labute approximate surface area is 144 Å². The molecule has 0 amide bonds. The predicted octanol–water partition coefficient (Wildman–Crippen LogP) is 2.19. The standard InChI is InChI=1S/C18H21N5O2/c1-11-5-6-25-15-8-14-16(17(19)21-15)22-18(24)23(14)10-12-3-2-4-13(7-12)20-9-11/h2-4,7-8,11,20H,5-6,9-10H2,1H3,(H2,19,21)(H,22,24). The predicted molar refractivity (Wildman–Crippen MR) is 98.1 cm³/mol. The molecule has 3 aromatic rings. The van der Waals surface area contributed by atoms with Gasteiger partial charge in [-0.05, 0) is 30.0 Å². The van der Waals surface area contributed by atoms with Crippen LogP contribution in [0.3, 0.4) is 0 Å². The highest BCUT2D eigenvalue weighted by Gasteiger charge is 2.14. The lowest BCUT2D eigenvalue weighted by atomic mass is 10.1. The van der Waals surface area contributed by atoms with Crippen LogP contribution in [0, 0.1) is 5.92 Å². The number of aromatic nitrogens is 3. The second-order valence-corrected chi connectivity index (χ2v) is 6.58. The molecule has 0 aliphatic carbocycles. The van der Waals surface area contributed by atoms with Crippen LogP contribution >= 0.6 is 0 Å². The van der Waals surface area contributed by atoms with Gasteiger partial charge >= 0.3 is 5.69 Å². The number of anilines is 2. The Balaban J connectivity index is 1.85. The van der Waals surface area contributed by atoms with E-state index < -0.39 is 0 Å². The molecule has 25 heavy (non-hydrogen) atoms. The molecule has 7 nitrogen and oxygen atoms in total. The van der Waals surface area contributed by atoms with E-state index in [1.165, 1.54) is 0 Å². The normalized spacial score (nSPS) is 17.7. The summed E-state index contributed by atoms with van der Waals surface area (Å²) in [5.74, 6) is 1.18. The van der Waals surface area contributed by atoms with Crippen LogP contribution in [0.1, 0.15) is 18.9 Å². The maximum atomic E-state index is 12.4. The van der Waals surface area contributed by atoms with Crippen LogP contribution in [0.25, 0.3) is 11.0 Å². The van der Waals surface area contributed by atoms with Gasteiger partial charge in [-0.3, -0.25) is 4.57 Å². The van der Waals surface area contributed by atoms with Gasteiger partial charge in [0.2, 0.25) is 5.88 Å². The smallest absolute Gasteiger partial charge is 0.326 e. The van der Waals surface area contributed by atoms with Crippen LogP contribution in [0.2, 0.25) is 0 Å². The summed E-state index contributed by atoms with van der Waals surface area (Å²) >= 11 is 0. The Hall–Kier alpha value is -2.96. The highest BCUT2D eigenvalue weighted by Crippen LogP contribution is 2.23. The maximum absolute atomic E-state index is 12.4. The van der Waals surface area contributed by atoms with Crippen molar-refractivity contribution in [3.8, 4) is 5.88 Å². The van der Waals surface area contributed by atoms with E-state index in [1.807, 2.05) is 18.2 Å². The molecule has 4 rings (SSSR count). The van der Waals surface area contributed by atoms with Crippen LogP contribution in [0.15, 0.2) is 35.1 Å². The van der Waals surface area contributed by atoms with Gasteiger partial charge in [-0.2, -0.15) is 4.98 Å². The van der Waals surface area contributed by atoms with Crippen LogP contribution < -0.4 is 21.5 Å². The van der Waals surface area contributed by atoms with E-state index in [0.29, 0.717) is 36.0 Å². The van der Waals surface area contributed by atoms with E-state index >= 15 is 0 Å². The number of nitrogens with zero attached hydrogens (tertiary/aromatic N) is 2. The molecule has 1 aliphatic rings. The van der Waals surface area contributed by atoms with Crippen LogP contribution in [0.5, 0.6) is 5.88 Å². The van der Waals surface area contributed by atoms with Gasteiger partial charge in [-0.15, -0.1) is 0 Å². The fourth-order valence-electron chi connectivity index (χ4n) is 3.10. The van der Waals surface area contributed by atoms with E-state index in [-0.39, 0.29) is 11.5 Å².